The molecule has 1 aromatic carbocycles. The lowest BCUT2D eigenvalue weighted by Crippen LogP contribution is -1.93. The zero-order valence-corrected chi connectivity index (χ0v) is 10.0. The lowest BCUT2D eigenvalue weighted by molar-refractivity contribution is 0.275. The van der Waals surface area contributed by atoms with Crippen LogP contribution in [0.5, 0.6) is 11.6 Å². The molecule has 0 aliphatic heterocycles. The number of nitrogens with zero attached hydrogens (tertiary/aromatic N) is 1. The second-order valence-electron chi connectivity index (χ2n) is 3.19. The van der Waals surface area contributed by atoms with Crippen LogP contribution in [0.4, 0.5) is 0 Å². The van der Waals surface area contributed by atoms with Crippen LogP contribution in [-0.4, -0.2) is 10.1 Å². The molecule has 0 fully saturated rings. The molecule has 2 rings (SSSR count). The van der Waals surface area contributed by atoms with Crippen LogP contribution in [0.15, 0.2) is 47.1 Å². The van der Waals surface area contributed by atoms with Gasteiger partial charge in [0, 0.05) is 16.2 Å². The Balaban J connectivity index is 2.26. The molecule has 0 saturated heterocycles. The Kier molecular flexibility index (Phi) is 3.54. The number of halogens is 1. The summed E-state index contributed by atoms with van der Waals surface area (Å²) in [6.45, 7) is -0.0861. The topological polar surface area (TPSA) is 42.4 Å². The van der Waals surface area contributed by atoms with Gasteiger partial charge >= 0.3 is 0 Å². The van der Waals surface area contributed by atoms with E-state index in [4.69, 9.17) is 9.84 Å². The van der Waals surface area contributed by atoms with E-state index in [2.05, 4.69) is 20.9 Å². The van der Waals surface area contributed by atoms with E-state index in [1.54, 1.807) is 18.3 Å². The maximum atomic E-state index is 9.12. The highest BCUT2D eigenvalue weighted by molar-refractivity contribution is 9.10. The average Bonchev–Trinajstić information content (AvgIpc) is 2.30. The molecule has 82 valence electrons. The van der Waals surface area contributed by atoms with Crippen molar-refractivity contribution < 1.29 is 9.84 Å². The molecule has 1 aromatic heterocycles. The number of hydrogen-bond donors (Lipinski definition) is 1. The minimum Gasteiger partial charge on any atom is -0.439 e. The van der Waals surface area contributed by atoms with Crippen molar-refractivity contribution in [2.24, 2.45) is 0 Å². The third-order valence-corrected chi connectivity index (χ3v) is 2.52. The molecule has 1 heterocycles. The van der Waals surface area contributed by atoms with Crippen molar-refractivity contribution in [3.63, 3.8) is 0 Å². The van der Waals surface area contributed by atoms with E-state index in [-0.39, 0.29) is 6.61 Å². The van der Waals surface area contributed by atoms with Gasteiger partial charge in [-0.3, -0.25) is 0 Å². The summed E-state index contributed by atoms with van der Waals surface area (Å²) in [5, 5.41) is 9.12. The number of aliphatic hydroxyl groups excluding tert-OH is 1. The fourth-order valence-electron chi connectivity index (χ4n) is 1.28. The Bertz CT molecular complexity index is 488. The summed E-state index contributed by atoms with van der Waals surface area (Å²) in [4.78, 5) is 4.08. The third kappa shape index (κ3) is 2.59. The number of rotatable bonds is 3. The smallest absolute Gasteiger partial charge is 0.224 e. The second kappa shape index (κ2) is 5.09. The van der Waals surface area contributed by atoms with Gasteiger partial charge in [0.05, 0.1) is 6.61 Å². The molecule has 0 bridgehead atoms. The predicted octanol–water partition coefficient (Wildman–Crippen LogP) is 3.13. The molecule has 2 aromatic rings. The van der Waals surface area contributed by atoms with Gasteiger partial charge in [-0.1, -0.05) is 22.0 Å². The highest BCUT2D eigenvalue weighted by Crippen LogP contribution is 2.25. The van der Waals surface area contributed by atoms with Crippen LogP contribution in [0, 0.1) is 0 Å². The standard InChI is InChI=1S/C12H10BrNO2/c13-10-4-1-5-11(7-10)16-12-9(8-15)3-2-6-14-12/h1-7,15H,8H2. The zero-order chi connectivity index (χ0) is 11.4. The van der Waals surface area contributed by atoms with E-state index in [1.807, 2.05) is 24.3 Å². The summed E-state index contributed by atoms with van der Waals surface area (Å²) >= 11 is 3.36. The van der Waals surface area contributed by atoms with Crippen molar-refractivity contribution in [3.8, 4) is 11.6 Å². The Morgan fingerprint density at radius 3 is 2.88 bits per heavy atom. The van der Waals surface area contributed by atoms with Crippen LogP contribution in [0.1, 0.15) is 5.56 Å². The predicted molar refractivity (Wildman–Crippen MR) is 64.4 cm³/mol. The van der Waals surface area contributed by atoms with E-state index in [1.165, 1.54) is 0 Å². The quantitative estimate of drug-likeness (QED) is 0.939. The molecule has 16 heavy (non-hydrogen) atoms. The fourth-order valence-corrected chi connectivity index (χ4v) is 1.66. The average molecular weight is 280 g/mol. The van der Waals surface area contributed by atoms with E-state index in [0.717, 1.165) is 4.47 Å². The van der Waals surface area contributed by atoms with E-state index < -0.39 is 0 Å². The molecule has 0 spiro atoms. The first kappa shape index (κ1) is 11.1. The maximum absolute atomic E-state index is 9.12. The number of aliphatic hydroxyl groups is 1. The van der Waals surface area contributed by atoms with Gasteiger partial charge in [0.15, 0.2) is 0 Å². The lowest BCUT2D eigenvalue weighted by atomic mass is 10.3. The molecule has 0 amide bonds. The van der Waals surface area contributed by atoms with Gasteiger partial charge in [0.25, 0.3) is 0 Å². The van der Waals surface area contributed by atoms with Crippen LogP contribution < -0.4 is 4.74 Å². The van der Waals surface area contributed by atoms with Gasteiger partial charge in [0.2, 0.25) is 5.88 Å². The van der Waals surface area contributed by atoms with Crippen LogP contribution in [0.25, 0.3) is 0 Å². The van der Waals surface area contributed by atoms with Crippen LogP contribution in [-0.2, 0) is 6.61 Å². The molecule has 0 radical (unpaired) electrons. The molecule has 1 N–H and O–H groups in total. The van der Waals surface area contributed by atoms with E-state index in [9.17, 15) is 0 Å². The van der Waals surface area contributed by atoms with Crippen LogP contribution in [0.3, 0.4) is 0 Å². The molecule has 3 nitrogen and oxygen atoms in total. The third-order valence-electron chi connectivity index (χ3n) is 2.03. The zero-order valence-electron chi connectivity index (χ0n) is 8.43. The SMILES string of the molecule is OCc1cccnc1Oc1cccc(Br)c1. The first-order valence-corrected chi connectivity index (χ1v) is 5.57. The van der Waals surface area contributed by atoms with Crippen molar-refractivity contribution >= 4 is 15.9 Å². The first-order valence-electron chi connectivity index (χ1n) is 4.78. The number of hydrogen-bond acceptors (Lipinski definition) is 3. The summed E-state index contributed by atoms with van der Waals surface area (Å²) in [6, 6.07) is 11.0. The van der Waals surface area contributed by atoms with Gasteiger partial charge < -0.3 is 9.84 Å². The Labute approximate surface area is 102 Å². The van der Waals surface area contributed by atoms with Crippen molar-refractivity contribution in [2.75, 3.05) is 0 Å². The Morgan fingerprint density at radius 1 is 1.25 bits per heavy atom. The molecule has 0 aliphatic rings. The van der Waals surface area contributed by atoms with Crippen molar-refractivity contribution in [1.29, 1.82) is 0 Å². The van der Waals surface area contributed by atoms with Gasteiger partial charge in [0.1, 0.15) is 5.75 Å². The van der Waals surface area contributed by atoms with E-state index >= 15 is 0 Å². The van der Waals surface area contributed by atoms with Gasteiger partial charge in [-0.05, 0) is 30.3 Å². The number of pyridine rings is 1. The minimum atomic E-state index is -0.0861. The summed E-state index contributed by atoms with van der Waals surface area (Å²) in [7, 11) is 0. The number of aromatic nitrogens is 1. The molecular weight excluding hydrogens is 270 g/mol. The van der Waals surface area contributed by atoms with Gasteiger partial charge in [-0.25, -0.2) is 4.98 Å². The summed E-state index contributed by atoms with van der Waals surface area (Å²) in [6.07, 6.45) is 1.63. The molecule has 0 unspecified atom stereocenters. The highest BCUT2D eigenvalue weighted by Gasteiger charge is 2.04. The van der Waals surface area contributed by atoms with Crippen molar-refractivity contribution in [3.05, 3.63) is 52.6 Å². The molecule has 0 saturated carbocycles. The first-order chi connectivity index (χ1) is 7.79. The summed E-state index contributed by atoms with van der Waals surface area (Å²) in [5.41, 5.74) is 0.669. The Hall–Kier alpha value is -1.39. The van der Waals surface area contributed by atoms with Crippen molar-refractivity contribution in [1.82, 2.24) is 4.98 Å². The largest absolute Gasteiger partial charge is 0.439 e. The maximum Gasteiger partial charge on any atom is 0.224 e. The molecule has 4 heteroatoms. The number of ether oxygens (including phenoxy) is 1. The fraction of sp³-hybridized carbons (Fsp3) is 0.0833. The lowest BCUT2D eigenvalue weighted by Gasteiger charge is -2.07. The summed E-state index contributed by atoms with van der Waals surface area (Å²) in [5.74, 6) is 1.12. The molecule has 0 atom stereocenters. The van der Waals surface area contributed by atoms with Crippen molar-refractivity contribution in [2.45, 2.75) is 6.61 Å². The Morgan fingerprint density at radius 2 is 2.12 bits per heavy atom. The monoisotopic (exact) mass is 279 g/mol. The van der Waals surface area contributed by atoms with Crippen LogP contribution in [0.2, 0.25) is 0 Å². The normalized spacial score (nSPS) is 10.1. The number of benzene rings is 1. The van der Waals surface area contributed by atoms with Gasteiger partial charge in [-0.15, -0.1) is 0 Å². The second-order valence-corrected chi connectivity index (χ2v) is 4.10. The minimum absolute atomic E-state index is 0.0861. The summed E-state index contributed by atoms with van der Waals surface area (Å²) < 4.78 is 6.52. The van der Waals surface area contributed by atoms with Gasteiger partial charge in [-0.2, -0.15) is 0 Å². The molecular formula is C12H10BrNO2. The van der Waals surface area contributed by atoms with E-state index in [0.29, 0.717) is 17.2 Å². The van der Waals surface area contributed by atoms with Crippen LogP contribution >= 0.6 is 15.9 Å². The highest BCUT2D eigenvalue weighted by atomic mass is 79.9. The molecule has 0 aliphatic carbocycles.